The number of nitrogens with one attached hydrogen (secondary N) is 2. The summed E-state index contributed by atoms with van der Waals surface area (Å²) in [5.41, 5.74) is 6.71. The first kappa shape index (κ1) is 13.8. The smallest absolute Gasteiger partial charge is 0.122 e. The third kappa shape index (κ3) is 2.75. The maximum absolute atomic E-state index is 5.56. The lowest BCUT2D eigenvalue weighted by atomic mass is 10.1. The molecule has 1 aliphatic carbocycles. The zero-order valence-electron chi connectivity index (χ0n) is 13.0. The molecule has 2 aromatic rings. The van der Waals surface area contributed by atoms with Crippen molar-refractivity contribution in [1.29, 1.82) is 0 Å². The summed E-state index contributed by atoms with van der Waals surface area (Å²) in [5.74, 6) is 1.06. The van der Waals surface area contributed by atoms with Crippen LogP contribution in [0.15, 0.2) is 18.2 Å². The lowest BCUT2D eigenvalue weighted by Gasteiger charge is -2.07. The maximum atomic E-state index is 5.56. The van der Waals surface area contributed by atoms with Crippen molar-refractivity contribution in [3.63, 3.8) is 0 Å². The molecule has 2 heterocycles. The lowest BCUT2D eigenvalue weighted by Crippen LogP contribution is -2.14. The van der Waals surface area contributed by atoms with Crippen LogP contribution in [0.25, 0.3) is 0 Å². The van der Waals surface area contributed by atoms with E-state index in [4.69, 9.17) is 4.74 Å². The van der Waals surface area contributed by atoms with Crippen molar-refractivity contribution in [3.05, 3.63) is 46.3 Å². The Morgan fingerprint density at radius 1 is 1.09 bits per heavy atom. The Kier molecular flexibility index (Phi) is 3.85. The molecule has 0 atom stereocenters. The average molecular weight is 297 g/mol. The Morgan fingerprint density at radius 2 is 2.05 bits per heavy atom. The molecule has 1 aliphatic heterocycles. The molecule has 0 saturated heterocycles. The molecule has 0 bridgehead atoms. The van der Waals surface area contributed by atoms with Gasteiger partial charge in [-0.25, -0.2) is 0 Å². The van der Waals surface area contributed by atoms with Gasteiger partial charge in [-0.05, 0) is 48.4 Å². The second-order valence-corrected chi connectivity index (χ2v) is 6.33. The number of aromatic amines is 1. The Balaban J connectivity index is 1.38. The maximum Gasteiger partial charge on any atom is 0.122 e. The van der Waals surface area contributed by atoms with E-state index in [-0.39, 0.29) is 0 Å². The van der Waals surface area contributed by atoms with Crippen LogP contribution >= 0.6 is 0 Å². The predicted molar refractivity (Wildman–Crippen MR) is 86.0 cm³/mol. The van der Waals surface area contributed by atoms with Crippen molar-refractivity contribution in [2.24, 2.45) is 0 Å². The number of hydrogen-bond acceptors (Lipinski definition) is 3. The Morgan fingerprint density at radius 3 is 3.05 bits per heavy atom. The highest BCUT2D eigenvalue weighted by Gasteiger charge is 2.15. The van der Waals surface area contributed by atoms with Gasteiger partial charge in [0.05, 0.1) is 12.3 Å². The van der Waals surface area contributed by atoms with Crippen LogP contribution in [-0.4, -0.2) is 16.8 Å². The largest absolute Gasteiger partial charge is 0.493 e. The summed E-state index contributed by atoms with van der Waals surface area (Å²) in [6.07, 6.45) is 7.30. The van der Waals surface area contributed by atoms with E-state index in [0.29, 0.717) is 0 Å². The number of ether oxygens (including phenoxy) is 1. The highest BCUT2D eigenvalue weighted by molar-refractivity contribution is 5.39. The van der Waals surface area contributed by atoms with Crippen molar-refractivity contribution >= 4 is 0 Å². The summed E-state index contributed by atoms with van der Waals surface area (Å²) >= 11 is 0. The Bertz CT molecular complexity index is 662. The highest BCUT2D eigenvalue weighted by Crippen LogP contribution is 2.26. The van der Waals surface area contributed by atoms with Crippen LogP contribution in [0.3, 0.4) is 0 Å². The predicted octanol–water partition coefficient (Wildman–Crippen LogP) is 2.90. The number of benzene rings is 1. The van der Waals surface area contributed by atoms with Gasteiger partial charge in [0.2, 0.25) is 0 Å². The number of hydrogen-bond donors (Lipinski definition) is 2. The zero-order chi connectivity index (χ0) is 14.8. The number of H-pyrrole nitrogens is 1. The molecule has 22 heavy (non-hydrogen) atoms. The van der Waals surface area contributed by atoms with E-state index in [9.17, 15) is 0 Å². The van der Waals surface area contributed by atoms with Crippen LogP contribution in [0, 0.1) is 0 Å². The minimum Gasteiger partial charge on any atom is -0.493 e. The summed E-state index contributed by atoms with van der Waals surface area (Å²) in [7, 11) is 0. The normalized spacial score (nSPS) is 16.7. The molecule has 0 radical (unpaired) electrons. The summed E-state index contributed by atoms with van der Waals surface area (Å²) in [6.45, 7) is 2.56. The molecule has 2 aliphatic rings. The summed E-state index contributed by atoms with van der Waals surface area (Å²) in [6, 6.07) is 6.52. The van der Waals surface area contributed by atoms with Crippen LogP contribution in [-0.2, 0) is 32.4 Å². The van der Waals surface area contributed by atoms with Gasteiger partial charge in [0.1, 0.15) is 5.75 Å². The van der Waals surface area contributed by atoms with Gasteiger partial charge in [-0.3, -0.25) is 5.10 Å². The quantitative estimate of drug-likeness (QED) is 0.853. The molecule has 4 heteroatoms. The minimum absolute atomic E-state index is 0.825. The van der Waals surface area contributed by atoms with Gasteiger partial charge in [0, 0.05) is 25.2 Å². The molecule has 4 rings (SSSR count). The topological polar surface area (TPSA) is 49.9 Å². The monoisotopic (exact) mass is 297 g/mol. The van der Waals surface area contributed by atoms with E-state index in [1.165, 1.54) is 53.8 Å². The van der Waals surface area contributed by atoms with Crippen molar-refractivity contribution in [2.75, 3.05) is 6.61 Å². The lowest BCUT2D eigenvalue weighted by molar-refractivity contribution is 0.357. The van der Waals surface area contributed by atoms with Crippen molar-refractivity contribution < 1.29 is 4.74 Å². The zero-order valence-corrected chi connectivity index (χ0v) is 13.0. The molecule has 1 aromatic carbocycles. The van der Waals surface area contributed by atoms with Gasteiger partial charge in [-0.1, -0.05) is 18.6 Å². The third-order valence-electron chi connectivity index (χ3n) is 4.77. The van der Waals surface area contributed by atoms with Crippen LogP contribution in [0.1, 0.15) is 47.3 Å². The first-order valence-electron chi connectivity index (χ1n) is 8.40. The molecule has 0 fully saturated rings. The van der Waals surface area contributed by atoms with Crippen LogP contribution in [0.5, 0.6) is 5.75 Å². The third-order valence-corrected chi connectivity index (χ3v) is 4.77. The molecule has 4 nitrogen and oxygen atoms in total. The number of rotatable bonds is 4. The molecule has 1 aromatic heterocycles. The van der Waals surface area contributed by atoms with E-state index in [2.05, 4.69) is 33.7 Å². The SMILES string of the molecule is c1cc2c(cc1CNCc1n[nH]c3c1CCCCC3)CCO2. The second kappa shape index (κ2) is 6.13. The minimum atomic E-state index is 0.825. The Labute approximate surface area is 131 Å². The van der Waals surface area contributed by atoms with Crippen molar-refractivity contribution in [3.8, 4) is 5.75 Å². The van der Waals surface area contributed by atoms with Crippen molar-refractivity contribution in [1.82, 2.24) is 15.5 Å². The number of nitrogens with zero attached hydrogens (tertiary/aromatic N) is 1. The van der Waals surface area contributed by atoms with Gasteiger partial charge in [-0.2, -0.15) is 5.10 Å². The second-order valence-electron chi connectivity index (χ2n) is 6.33. The molecule has 2 N–H and O–H groups in total. The molecule has 0 spiro atoms. The van der Waals surface area contributed by atoms with Gasteiger partial charge < -0.3 is 10.1 Å². The summed E-state index contributed by atoms with van der Waals surface area (Å²) in [5, 5.41) is 11.3. The first-order valence-corrected chi connectivity index (χ1v) is 8.40. The standard InChI is InChI=1S/C18H23N3O/c1-2-4-15-16(5-3-1)20-21-17(15)12-19-11-13-6-7-18-14(10-13)8-9-22-18/h6-7,10,19H,1-5,8-9,11-12H2,(H,20,21). The molecule has 0 saturated carbocycles. The Hall–Kier alpha value is -1.81. The molecular formula is C18H23N3O. The fraction of sp³-hybridized carbons (Fsp3) is 0.500. The van der Waals surface area contributed by atoms with E-state index in [1.54, 1.807) is 0 Å². The molecular weight excluding hydrogens is 274 g/mol. The molecule has 0 unspecified atom stereocenters. The van der Waals surface area contributed by atoms with E-state index in [1.807, 2.05) is 0 Å². The summed E-state index contributed by atoms with van der Waals surface area (Å²) in [4.78, 5) is 0. The van der Waals surface area contributed by atoms with E-state index in [0.717, 1.165) is 38.3 Å². The number of aryl methyl sites for hydroxylation is 1. The van der Waals surface area contributed by atoms with Gasteiger partial charge in [0.15, 0.2) is 0 Å². The fourth-order valence-electron chi connectivity index (χ4n) is 3.55. The van der Waals surface area contributed by atoms with Gasteiger partial charge in [-0.15, -0.1) is 0 Å². The number of aromatic nitrogens is 2. The van der Waals surface area contributed by atoms with Crippen LogP contribution in [0.2, 0.25) is 0 Å². The fourth-order valence-corrected chi connectivity index (χ4v) is 3.55. The summed E-state index contributed by atoms with van der Waals surface area (Å²) < 4.78 is 5.56. The van der Waals surface area contributed by atoms with Crippen LogP contribution in [0.4, 0.5) is 0 Å². The van der Waals surface area contributed by atoms with E-state index < -0.39 is 0 Å². The number of fused-ring (bicyclic) bond motifs is 2. The first-order chi connectivity index (χ1) is 10.9. The molecule has 0 amide bonds. The van der Waals surface area contributed by atoms with E-state index >= 15 is 0 Å². The van der Waals surface area contributed by atoms with Gasteiger partial charge >= 0.3 is 0 Å². The molecule has 116 valence electrons. The van der Waals surface area contributed by atoms with Crippen LogP contribution < -0.4 is 10.1 Å². The van der Waals surface area contributed by atoms with Crippen molar-refractivity contribution in [2.45, 2.75) is 51.6 Å². The highest BCUT2D eigenvalue weighted by atomic mass is 16.5. The average Bonchev–Trinajstić information content (AvgIpc) is 3.08. The van der Waals surface area contributed by atoms with Gasteiger partial charge in [0.25, 0.3) is 0 Å².